The number of carbonyl (C=O) groups excluding carboxylic acids is 1. The van der Waals surface area contributed by atoms with E-state index in [1.54, 1.807) is 29.7 Å². The van der Waals surface area contributed by atoms with E-state index < -0.39 is 0 Å². The third-order valence-electron chi connectivity index (χ3n) is 2.14. The van der Waals surface area contributed by atoms with Crippen molar-refractivity contribution >= 4 is 23.1 Å². The Balaban J connectivity index is 1.93. The number of amides is 1. The molecule has 0 unspecified atom stereocenters. The lowest BCUT2D eigenvalue weighted by Gasteiger charge is -2.03. The first kappa shape index (κ1) is 12.4. The molecule has 6 nitrogen and oxygen atoms in total. The summed E-state index contributed by atoms with van der Waals surface area (Å²) in [6.45, 7) is 3.03. The molecule has 0 spiro atoms. The van der Waals surface area contributed by atoms with Gasteiger partial charge in [-0.3, -0.25) is 4.79 Å². The van der Waals surface area contributed by atoms with E-state index in [-0.39, 0.29) is 5.91 Å². The van der Waals surface area contributed by atoms with Gasteiger partial charge in [0.15, 0.2) is 5.69 Å². The quantitative estimate of drug-likeness (QED) is 0.849. The van der Waals surface area contributed by atoms with Crippen LogP contribution in [-0.4, -0.2) is 27.6 Å². The van der Waals surface area contributed by atoms with Crippen LogP contribution in [0.25, 0.3) is 0 Å². The Labute approximate surface area is 108 Å². The van der Waals surface area contributed by atoms with Crippen LogP contribution < -0.4 is 10.6 Å². The van der Waals surface area contributed by atoms with Crippen molar-refractivity contribution in [2.24, 2.45) is 0 Å². The molecule has 18 heavy (non-hydrogen) atoms. The van der Waals surface area contributed by atoms with Crippen LogP contribution in [0, 0.1) is 0 Å². The summed E-state index contributed by atoms with van der Waals surface area (Å²) in [5, 5.41) is 16.4. The van der Waals surface area contributed by atoms with Crippen LogP contribution in [0.4, 0.5) is 5.82 Å². The molecular weight excluding hydrogens is 250 g/mol. The van der Waals surface area contributed by atoms with Gasteiger partial charge in [-0.1, -0.05) is 0 Å². The molecule has 0 saturated heterocycles. The first-order valence-corrected chi connectivity index (χ1v) is 6.41. The number of nitrogens with one attached hydrogen (secondary N) is 2. The molecule has 1 amide bonds. The minimum absolute atomic E-state index is 0.212. The molecule has 2 aromatic heterocycles. The molecule has 0 aliphatic rings. The molecule has 0 bridgehead atoms. The third-order valence-corrected chi connectivity index (χ3v) is 2.92. The molecule has 94 valence electrons. The number of hydrogen-bond acceptors (Lipinski definition) is 6. The number of nitrogens with zero attached hydrogens (tertiary/aromatic N) is 3. The van der Waals surface area contributed by atoms with Gasteiger partial charge in [0.25, 0.3) is 5.91 Å². The van der Waals surface area contributed by atoms with Gasteiger partial charge in [-0.15, -0.1) is 21.5 Å². The first-order chi connectivity index (χ1) is 8.79. The molecule has 2 N–H and O–H groups in total. The number of rotatable bonds is 5. The summed E-state index contributed by atoms with van der Waals surface area (Å²) in [7, 11) is 0. The van der Waals surface area contributed by atoms with Crippen LogP contribution in [0.2, 0.25) is 0 Å². The number of hydrogen-bond donors (Lipinski definition) is 2. The van der Waals surface area contributed by atoms with Gasteiger partial charge in [0.2, 0.25) is 0 Å². The van der Waals surface area contributed by atoms with E-state index in [0.717, 1.165) is 5.01 Å². The summed E-state index contributed by atoms with van der Waals surface area (Å²) in [6.07, 6.45) is 1.76. The summed E-state index contributed by atoms with van der Waals surface area (Å²) in [5.41, 5.74) is 0.316. The lowest BCUT2D eigenvalue weighted by Crippen LogP contribution is -2.24. The van der Waals surface area contributed by atoms with Crippen molar-refractivity contribution < 1.29 is 4.79 Å². The maximum Gasteiger partial charge on any atom is 0.271 e. The average Bonchev–Trinajstić information content (AvgIpc) is 2.90. The number of thiazole rings is 1. The molecule has 0 saturated carbocycles. The molecule has 7 heteroatoms. The summed E-state index contributed by atoms with van der Waals surface area (Å²) >= 11 is 1.57. The summed E-state index contributed by atoms with van der Waals surface area (Å²) in [5.74, 6) is 0.412. The molecule has 0 radical (unpaired) electrons. The van der Waals surface area contributed by atoms with E-state index in [0.29, 0.717) is 24.6 Å². The third kappa shape index (κ3) is 3.24. The number of carbonyl (C=O) groups is 1. The summed E-state index contributed by atoms with van der Waals surface area (Å²) in [6, 6.07) is 3.37. The molecule has 0 aromatic carbocycles. The molecular formula is C11H13N5OS. The molecule has 2 heterocycles. The Morgan fingerprint density at radius 2 is 2.28 bits per heavy atom. The first-order valence-electron chi connectivity index (χ1n) is 5.53. The normalized spacial score (nSPS) is 10.1. The second-order valence-corrected chi connectivity index (χ2v) is 4.42. The minimum Gasteiger partial charge on any atom is -0.362 e. The monoisotopic (exact) mass is 263 g/mol. The van der Waals surface area contributed by atoms with E-state index in [4.69, 9.17) is 0 Å². The lowest BCUT2D eigenvalue weighted by atomic mass is 10.3. The number of anilines is 1. The SMILES string of the molecule is CCNC(=O)c1ccc(NCc2nccs2)nn1. The van der Waals surface area contributed by atoms with Crippen molar-refractivity contribution in [2.45, 2.75) is 13.5 Å². The predicted molar refractivity (Wildman–Crippen MR) is 69.5 cm³/mol. The van der Waals surface area contributed by atoms with Gasteiger partial charge >= 0.3 is 0 Å². The van der Waals surface area contributed by atoms with Gasteiger partial charge in [-0.2, -0.15) is 0 Å². The van der Waals surface area contributed by atoms with Gasteiger partial charge in [0.1, 0.15) is 10.8 Å². The van der Waals surface area contributed by atoms with E-state index in [1.165, 1.54) is 0 Å². The van der Waals surface area contributed by atoms with Crippen LogP contribution in [-0.2, 0) is 6.54 Å². The van der Waals surface area contributed by atoms with Crippen molar-refractivity contribution in [3.63, 3.8) is 0 Å². The Bertz CT molecular complexity index is 497. The van der Waals surface area contributed by atoms with E-state index >= 15 is 0 Å². The Morgan fingerprint density at radius 3 is 2.89 bits per heavy atom. The van der Waals surface area contributed by atoms with E-state index in [2.05, 4.69) is 25.8 Å². The van der Waals surface area contributed by atoms with Gasteiger partial charge in [-0.05, 0) is 19.1 Å². The standard InChI is InChI=1S/C11H13N5OS/c1-2-12-11(17)8-3-4-9(16-15-8)14-7-10-13-5-6-18-10/h3-6H,2,7H2,1H3,(H,12,17)(H,14,16). The molecule has 0 fully saturated rings. The minimum atomic E-state index is -0.212. The van der Waals surface area contributed by atoms with Crippen molar-refractivity contribution in [1.29, 1.82) is 0 Å². The van der Waals surface area contributed by atoms with E-state index in [1.807, 2.05) is 12.3 Å². The zero-order chi connectivity index (χ0) is 12.8. The molecule has 2 rings (SSSR count). The highest BCUT2D eigenvalue weighted by Crippen LogP contribution is 2.08. The van der Waals surface area contributed by atoms with E-state index in [9.17, 15) is 4.79 Å². The largest absolute Gasteiger partial charge is 0.362 e. The van der Waals surface area contributed by atoms with Crippen LogP contribution in [0.3, 0.4) is 0 Å². The predicted octanol–water partition coefficient (Wildman–Crippen LogP) is 1.29. The van der Waals surface area contributed by atoms with Crippen LogP contribution in [0.5, 0.6) is 0 Å². The molecule has 0 aliphatic carbocycles. The highest BCUT2D eigenvalue weighted by atomic mass is 32.1. The van der Waals surface area contributed by atoms with Gasteiger partial charge < -0.3 is 10.6 Å². The van der Waals surface area contributed by atoms with Crippen LogP contribution >= 0.6 is 11.3 Å². The maximum absolute atomic E-state index is 11.5. The highest BCUT2D eigenvalue weighted by molar-refractivity contribution is 7.09. The zero-order valence-corrected chi connectivity index (χ0v) is 10.7. The highest BCUT2D eigenvalue weighted by Gasteiger charge is 2.06. The van der Waals surface area contributed by atoms with Crippen molar-refractivity contribution in [2.75, 3.05) is 11.9 Å². The lowest BCUT2D eigenvalue weighted by molar-refractivity contribution is 0.0950. The molecule has 0 atom stereocenters. The Morgan fingerprint density at radius 1 is 1.39 bits per heavy atom. The van der Waals surface area contributed by atoms with Crippen LogP contribution in [0.15, 0.2) is 23.7 Å². The van der Waals surface area contributed by atoms with Gasteiger partial charge in [0, 0.05) is 18.1 Å². The zero-order valence-electron chi connectivity index (χ0n) is 9.88. The maximum atomic E-state index is 11.5. The second-order valence-electron chi connectivity index (χ2n) is 3.44. The number of aromatic nitrogens is 3. The smallest absolute Gasteiger partial charge is 0.271 e. The topological polar surface area (TPSA) is 79.8 Å². The molecule has 2 aromatic rings. The van der Waals surface area contributed by atoms with Crippen molar-refractivity contribution in [3.05, 3.63) is 34.4 Å². The fourth-order valence-electron chi connectivity index (χ4n) is 1.31. The fraction of sp³-hybridized carbons (Fsp3) is 0.273. The fourth-order valence-corrected chi connectivity index (χ4v) is 1.86. The Kier molecular flexibility index (Phi) is 4.19. The van der Waals surface area contributed by atoms with Gasteiger partial charge in [-0.25, -0.2) is 4.98 Å². The summed E-state index contributed by atoms with van der Waals surface area (Å²) < 4.78 is 0. The van der Waals surface area contributed by atoms with Gasteiger partial charge in [0.05, 0.1) is 6.54 Å². The Hall–Kier alpha value is -2.02. The van der Waals surface area contributed by atoms with Crippen LogP contribution in [0.1, 0.15) is 22.4 Å². The molecule has 0 aliphatic heterocycles. The average molecular weight is 263 g/mol. The second kappa shape index (κ2) is 6.06. The summed E-state index contributed by atoms with van der Waals surface area (Å²) in [4.78, 5) is 15.6. The van der Waals surface area contributed by atoms with Crippen molar-refractivity contribution in [3.8, 4) is 0 Å². The van der Waals surface area contributed by atoms with Crippen molar-refractivity contribution in [1.82, 2.24) is 20.5 Å².